The van der Waals surface area contributed by atoms with E-state index in [-0.39, 0.29) is 0 Å². The van der Waals surface area contributed by atoms with E-state index in [4.69, 9.17) is 9.72 Å². The van der Waals surface area contributed by atoms with E-state index in [0.717, 1.165) is 38.9 Å². The van der Waals surface area contributed by atoms with Crippen LogP contribution >= 0.6 is 0 Å². The molecule has 0 aliphatic rings. The molecule has 0 saturated carbocycles. The van der Waals surface area contributed by atoms with Gasteiger partial charge in [0.15, 0.2) is 0 Å². The van der Waals surface area contributed by atoms with E-state index in [1.807, 2.05) is 30.6 Å². The summed E-state index contributed by atoms with van der Waals surface area (Å²) in [6.07, 6.45) is 3.99. The highest BCUT2D eigenvalue weighted by Gasteiger charge is 2.14. The predicted molar refractivity (Wildman–Crippen MR) is 97.4 cm³/mol. The number of para-hydroxylation sites is 1. The van der Waals surface area contributed by atoms with Gasteiger partial charge in [-0.3, -0.25) is 0 Å². The molecule has 24 heavy (non-hydrogen) atoms. The van der Waals surface area contributed by atoms with Crippen molar-refractivity contribution in [1.82, 2.24) is 15.0 Å². The maximum absolute atomic E-state index is 5.36. The molecule has 4 heteroatoms. The first kappa shape index (κ1) is 13.2. The third-order valence-electron chi connectivity index (χ3n) is 4.56. The molecule has 0 bridgehead atoms. The number of rotatable bonds is 2. The zero-order valence-corrected chi connectivity index (χ0v) is 13.1. The molecule has 0 saturated heterocycles. The van der Waals surface area contributed by atoms with Crippen LogP contribution in [0.2, 0.25) is 0 Å². The number of ether oxygens (including phenoxy) is 1. The Hall–Kier alpha value is -3.27. The van der Waals surface area contributed by atoms with Crippen molar-refractivity contribution in [2.24, 2.45) is 0 Å². The van der Waals surface area contributed by atoms with E-state index in [9.17, 15) is 0 Å². The van der Waals surface area contributed by atoms with Gasteiger partial charge in [-0.1, -0.05) is 18.2 Å². The number of aromatic nitrogens is 3. The van der Waals surface area contributed by atoms with E-state index in [2.05, 4.69) is 40.3 Å². The van der Waals surface area contributed by atoms with Crippen molar-refractivity contribution in [2.75, 3.05) is 7.11 Å². The van der Waals surface area contributed by atoms with Gasteiger partial charge in [0, 0.05) is 45.7 Å². The second-order valence-electron chi connectivity index (χ2n) is 5.86. The van der Waals surface area contributed by atoms with Gasteiger partial charge in [0.05, 0.1) is 23.8 Å². The lowest BCUT2D eigenvalue weighted by atomic mass is 10.0. The van der Waals surface area contributed by atoms with Gasteiger partial charge in [0.2, 0.25) is 0 Å². The molecular weight excluding hydrogens is 298 g/mol. The third-order valence-corrected chi connectivity index (χ3v) is 4.56. The van der Waals surface area contributed by atoms with Gasteiger partial charge in [-0.05, 0) is 24.3 Å². The smallest absolute Gasteiger partial charge is 0.121 e. The molecule has 0 fully saturated rings. The molecule has 0 aliphatic heterocycles. The minimum absolute atomic E-state index is 0.815. The van der Waals surface area contributed by atoms with Crippen LogP contribution in [0.3, 0.4) is 0 Å². The van der Waals surface area contributed by atoms with Gasteiger partial charge in [-0.25, -0.2) is 4.98 Å². The molecule has 0 aliphatic carbocycles. The van der Waals surface area contributed by atoms with Crippen molar-refractivity contribution >= 4 is 32.7 Å². The third kappa shape index (κ3) is 1.77. The summed E-state index contributed by atoms with van der Waals surface area (Å²) in [5.41, 5.74) is 5.15. The Bertz CT molecular complexity index is 1200. The molecule has 0 amide bonds. The first-order valence-corrected chi connectivity index (χ1v) is 7.86. The molecule has 0 radical (unpaired) electrons. The van der Waals surface area contributed by atoms with Crippen LogP contribution < -0.4 is 4.74 Å². The van der Waals surface area contributed by atoms with E-state index >= 15 is 0 Å². The summed E-state index contributed by atoms with van der Waals surface area (Å²) >= 11 is 0. The van der Waals surface area contributed by atoms with Crippen LogP contribution in [-0.2, 0) is 0 Å². The van der Waals surface area contributed by atoms with E-state index in [1.165, 1.54) is 10.8 Å². The standard InChI is InChI=1S/C20H15N3O/c1-24-12-6-7-14-15-8-9-21-19(15)20(23-18(14)10-12)16-11-22-17-5-3-2-4-13(16)17/h2-11,21-22H,1H3. The monoisotopic (exact) mass is 313 g/mol. The molecule has 2 aromatic carbocycles. The molecule has 3 aromatic heterocycles. The highest BCUT2D eigenvalue weighted by atomic mass is 16.5. The number of hydrogen-bond donors (Lipinski definition) is 2. The average molecular weight is 313 g/mol. The van der Waals surface area contributed by atoms with Crippen molar-refractivity contribution in [3.8, 4) is 17.0 Å². The van der Waals surface area contributed by atoms with Gasteiger partial charge < -0.3 is 14.7 Å². The summed E-state index contributed by atoms with van der Waals surface area (Å²) in [4.78, 5) is 11.6. The zero-order valence-electron chi connectivity index (χ0n) is 13.1. The van der Waals surface area contributed by atoms with Crippen LogP contribution in [0.4, 0.5) is 0 Å². The maximum Gasteiger partial charge on any atom is 0.121 e. The number of nitrogens with one attached hydrogen (secondary N) is 2. The fourth-order valence-corrected chi connectivity index (χ4v) is 3.39. The Balaban J connectivity index is 1.91. The minimum Gasteiger partial charge on any atom is -0.497 e. The number of aromatic amines is 2. The van der Waals surface area contributed by atoms with Gasteiger partial charge in [0.1, 0.15) is 5.75 Å². The lowest BCUT2D eigenvalue weighted by molar-refractivity contribution is 0.415. The average Bonchev–Trinajstić information content (AvgIpc) is 3.28. The van der Waals surface area contributed by atoms with Gasteiger partial charge in [0.25, 0.3) is 0 Å². The van der Waals surface area contributed by atoms with Gasteiger partial charge in [-0.15, -0.1) is 0 Å². The molecule has 5 rings (SSSR count). The molecule has 5 aromatic rings. The Kier molecular flexibility index (Phi) is 2.67. The lowest BCUT2D eigenvalue weighted by Crippen LogP contribution is -1.89. The minimum atomic E-state index is 0.815. The van der Waals surface area contributed by atoms with E-state index < -0.39 is 0 Å². The Morgan fingerprint density at radius 1 is 0.917 bits per heavy atom. The fourth-order valence-electron chi connectivity index (χ4n) is 3.39. The van der Waals surface area contributed by atoms with Crippen LogP contribution in [-0.4, -0.2) is 22.1 Å². The van der Waals surface area contributed by atoms with Crippen LogP contribution in [0.1, 0.15) is 0 Å². The van der Waals surface area contributed by atoms with Crippen molar-refractivity contribution in [1.29, 1.82) is 0 Å². The number of hydrogen-bond acceptors (Lipinski definition) is 2. The summed E-state index contributed by atoms with van der Waals surface area (Å²) in [6.45, 7) is 0. The number of methoxy groups -OCH3 is 1. The Morgan fingerprint density at radius 3 is 2.75 bits per heavy atom. The Morgan fingerprint density at radius 2 is 1.83 bits per heavy atom. The molecule has 4 nitrogen and oxygen atoms in total. The van der Waals surface area contributed by atoms with Crippen molar-refractivity contribution in [2.45, 2.75) is 0 Å². The summed E-state index contributed by atoms with van der Waals surface area (Å²) in [7, 11) is 1.68. The lowest BCUT2D eigenvalue weighted by Gasteiger charge is -2.07. The number of fused-ring (bicyclic) bond motifs is 4. The second-order valence-corrected chi connectivity index (χ2v) is 5.86. The maximum atomic E-state index is 5.36. The summed E-state index contributed by atoms with van der Waals surface area (Å²) in [5, 5.41) is 3.46. The van der Waals surface area contributed by atoms with Crippen LogP contribution in [0.5, 0.6) is 5.75 Å². The topological polar surface area (TPSA) is 53.7 Å². The molecule has 116 valence electrons. The first-order valence-electron chi connectivity index (χ1n) is 7.86. The zero-order chi connectivity index (χ0) is 16.1. The number of nitrogens with zero attached hydrogens (tertiary/aromatic N) is 1. The van der Waals surface area contributed by atoms with Crippen molar-refractivity contribution < 1.29 is 4.74 Å². The quantitative estimate of drug-likeness (QED) is 0.488. The second kappa shape index (κ2) is 4.86. The predicted octanol–water partition coefficient (Wildman–Crippen LogP) is 4.87. The SMILES string of the molecule is COc1ccc2c(c1)nc(-c1c[nH]c3ccccc13)c1[nH]ccc12. The molecule has 0 atom stereocenters. The van der Waals surface area contributed by atoms with E-state index in [1.54, 1.807) is 7.11 Å². The van der Waals surface area contributed by atoms with Crippen LogP contribution in [0.25, 0.3) is 44.0 Å². The van der Waals surface area contributed by atoms with Crippen LogP contribution in [0, 0.1) is 0 Å². The fraction of sp³-hybridized carbons (Fsp3) is 0.0500. The highest BCUT2D eigenvalue weighted by molar-refractivity contribution is 6.12. The van der Waals surface area contributed by atoms with E-state index in [0.29, 0.717) is 0 Å². The molecular formula is C20H15N3O. The summed E-state index contributed by atoms with van der Waals surface area (Å²) < 4.78 is 5.36. The molecule has 2 N–H and O–H groups in total. The summed E-state index contributed by atoms with van der Waals surface area (Å²) in [5.74, 6) is 0.815. The normalized spacial score (nSPS) is 11.5. The molecule has 3 heterocycles. The highest BCUT2D eigenvalue weighted by Crippen LogP contribution is 2.35. The molecule has 0 spiro atoms. The van der Waals surface area contributed by atoms with Gasteiger partial charge in [-0.2, -0.15) is 0 Å². The van der Waals surface area contributed by atoms with Crippen LogP contribution in [0.15, 0.2) is 60.9 Å². The van der Waals surface area contributed by atoms with Crippen molar-refractivity contribution in [3.63, 3.8) is 0 Å². The first-order chi connectivity index (χ1) is 11.8. The molecule has 0 unspecified atom stereocenters. The number of benzene rings is 2. The largest absolute Gasteiger partial charge is 0.497 e. The van der Waals surface area contributed by atoms with Crippen molar-refractivity contribution in [3.05, 3.63) is 60.9 Å². The number of H-pyrrole nitrogens is 2. The number of pyridine rings is 1. The Labute approximate surface area is 138 Å². The van der Waals surface area contributed by atoms with Gasteiger partial charge >= 0.3 is 0 Å². The summed E-state index contributed by atoms with van der Waals surface area (Å²) in [6, 6.07) is 16.4.